The standard InChI is InChI=1S/C21H20N4O4/c26-20(25-9-7-16(12-25)21(27)28)15-3-1-2-14(10-15)13-29-17-4-5-18(22-11-17)19-6-8-23-24-19/h1-6,8,10-11,16H,7,9,12-13H2,(H,23,24)(H,27,28). The molecule has 1 saturated heterocycles. The van der Waals surface area contributed by atoms with Crippen molar-refractivity contribution >= 4 is 11.9 Å². The van der Waals surface area contributed by atoms with E-state index in [0.717, 1.165) is 17.0 Å². The lowest BCUT2D eigenvalue weighted by molar-refractivity contribution is -0.141. The van der Waals surface area contributed by atoms with Gasteiger partial charge in [-0.25, -0.2) is 0 Å². The normalized spacial score (nSPS) is 16.0. The number of rotatable bonds is 6. The van der Waals surface area contributed by atoms with Crippen molar-refractivity contribution in [3.8, 4) is 17.1 Å². The molecule has 1 aromatic carbocycles. The first kappa shape index (κ1) is 18.7. The number of amides is 1. The van der Waals surface area contributed by atoms with E-state index >= 15 is 0 Å². The number of carbonyl (C=O) groups excluding carboxylic acids is 1. The van der Waals surface area contributed by atoms with Gasteiger partial charge in [-0.15, -0.1) is 0 Å². The molecular formula is C21H20N4O4. The number of ether oxygens (including phenoxy) is 1. The fourth-order valence-corrected chi connectivity index (χ4v) is 3.31. The summed E-state index contributed by atoms with van der Waals surface area (Å²) in [4.78, 5) is 29.7. The molecule has 1 aliphatic rings. The number of aliphatic carboxylic acids is 1. The second kappa shape index (κ2) is 8.14. The van der Waals surface area contributed by atoms with Crippen LogP contribution < -0.4 is 4.74 Å². The van der Waals surface area contributed by atoms with Gasteiger partial charge in [-0.3, -0.25) is 19.7 Å². The zero-order valence-electron chi connectivity index (χ0n) is 15.6. The number of likely N-dealkylation sites (tertiary alicyclic amines) is 1. The number of hydrogen-bond acceptors (Lipinski definition) is 5. The summed E-state index contributed by atoms with van der Waals surface area (Å²) in [5.41, 5.74) is 2.98. The van der Waals surface area contributed by atoms with Gasteiger partial charge in [-0.2, -0.15) is 5.10 Å². The molecule has 3 heterocycles. The Bertz CT molecular complexity index is 1000. The summed E-state index contributed by atoms with van der Waals surface area (Å²) < 4.78 is 5.78. The van der Waals surface area contributed by atoms with E-state index in [0.29, 0.717) is 30.9 Å². The molecule has 0 radical (unpaired) electrons. The number of nitrogens with zero attached hydrogens (tertiary/aromatic N) is 3. The van der Waals surface area contributed by atoms with Crippen LogP contribution in [0.5, 0.6) is 5.75 Å². The van der Waals surface area contributed by atoms with Crippen LogP contribution in [0.15, 0.2) is 54.9 Å². The minimum atomic E-state index is -0.852. The summed E-state index contributed by atoms with van der Waals surface area (Å²) in [6.45, 7) is 1.01. The zero-order valence-corrected chi connectivity index (χ0v) is 15.6. The maximum atomic E-state index is 12.7. The lowest BCUT2D eigenvalue weighted by atomic mass is 10.1. The Balaban J connectivity index is 1.38. The Morgan fingerprint density at radius 2 is 2.14 bits per heavy atom. The fraction of sp³-hybridized carbons (Fsp3) is 0.238. The van der Waals surface area contributed by atoms with E-state index in [9.17, 15) is 9.59 Å². The van der Waals surface area contributed by atoms with Gasteiger partial charge < -0.3 is 14.7 Å². The maximum Gasteiger partial charge on any atom is 0.308 e. The monoisotopic (exact) mass is 392 g/mol. The number of nitrogens with one attached hydrogen (secondary N) is 1. The average molecular weight is 392 g/mol. The molecule has 3 aromatic rings. The largest absolute Gasteiger partial charge is 0.487 e. The number of H-pyrrole nitrogens is 1. The van der Waals surface area contributed by atoms with Crippen molar-refractivity contribution in [3.63, 3.8) is 0 Å². The molecule has 0 aliphatic carbocycles. The van der Waals surface area contributed by atoms with Crippen LogP contribution in [-0.4, -0.2) is 50.2 Å². The predicted molar refractivity (Wildman–Crippen MR) is 104 cm³/mol. The summed E-state index contributed by atoms with van der Waals surface area (Å²) in [6, 6.07) is 12.7. The number of hydrogen-bond donors (Lipinski definition) is 2. The van der Waals surface area contributed by atoms with E-state index in [-0.39, 0.29) is 12.5 Å². The Kier molecular flexibility index (Phi) is 5.24. The number of carboxylic acids is 1. The Morgan fingerprint density at radius 3 is 2.83 bits per heavy atom. The van der Waals surface area contributed by atoms with E-state index in [2.05, 4.69) is 15.2 Å². The molecular weight excluding hydrogens is 372 g/mol. The number of carbonyl (C=O) groups is 2. The molecule has 2 N–H and O–H groups in total. The van der Waals surface area contributed by atoms with Crippen molar-refractivity contribution in [2.45, 2.75) is 13.0 Å². The number of pyridine rings is 1. The van der Waals surface area contributed by atoms with Crippen molar-refractivity contribution in [1.29, 1.82) is 0 Å². The molecule has 1 atom stereocenters. The first-order chi connectivity index (χ1) is 14.1. The van der Waals surface area contributed by atoms with Crippen LogP contribution in [0.2, 0.25) is 0 Å². The number of carboxylic acid groups (broad SMARTS) is 1. The molecule has 1 amide bonds. The van der Waals surface area contributed by atoms with E-state index in [1.807, 2.05) is 24.3 Å². The molecule has 8 nitrogen and oxygen atoms in total. The molecule has 0 bridgehead atoms. The second-order valence-electron chi connectivity index (χ2n) is 6.91. The van der Waals surface area contributed by atoms with Gasteiger partial charge in [0.05, 0.1) is 23.5 Å². The van der Waals surface area contributed by atoms with Crippen LogP contribution in [0.25, 0.3) is 11.4 Å². The predicted octanol–water partition coefficient (Wildman–Crippen LogP) is 2.60. The van der Waals surface area contributed by atoms with Gasteiger partial charge in [0.2, 0.25) is 0 Å². The highest BCUT2D eigenvalue weighted by molar-refractivity contribution is 5.95. The van der Waals surface area contributed by atoms with Crippen LogP contribution >= 0.6 is 0 Å². The van der Waals surface area contributed by atoms with Crippen molar-refractivity contribution in [2.75, 3.05) is 13.1 Å². The van der Waals surface area contributed by atoms with E-state index in [4.69, 9.17) is 9.84 Å². The van der Waals surface area contributed by atoms with Crippen molar-refractivity contribution in [1.82, 2.24) is 20.1 Å². The first-order valence-corrected chi connectivity index (χ1v) is 9.30. The highest BCUT2D eigenvalue weighted by atomic mass is 16.5. The van der Waals surface area contributed by atoms with Crippen molar-refractivity contribution < 1.29 is 19.4 Å². The number of aromatic amines is 1. The van der Waals surface area contributed by atoms with Crippen molar-refractivity contribution in [2.24, 2.45) is 5.92 Å². The summed E-state index contributed by atoms with van der Waals surface area (Å²) in [5.74, 6) is -0.868. The first-order valence-electron chi connectivity index (χ1n) is 9.30. The highest BCUT2D eigenvalue weighted by Crippen LogP contribution is 2.21. The van der Waals surface area contributed by atoms with Crippen LogP contribution in [0, 0.1) is 5.92 Å². The van der Waals surface area contributed by atoms with E-state index in [1.54, 1.807) is 35.5 Å². The van der Waals surface area contributed by atoms with E-state index < -0.39 is 11.9 Å². The zero-order chi connectivity index (χ0) is 20.2. The Morgan fingerprint density at radius 1 is 1.24 bits per heavy atom. The third-order valence-corrected chi connectivity index (χ3v) is 4.92. The second-order valence-corrected chi connectivity index (χ2v) is 6.91. The lowest BCUT2D eigenvalue weighted by Crippen LogP contribution is -2.30. The third-order valence-electron chi connectivity index (χ3n) is 4.92. The summed E-state index contributed by atoms with van der Waals surface area (Å²) in [6.07, 6.45) is 3.80. The third kappa shape index (κ3) is 4.26. The minimum absolute atomic E-state index is 0.152. The average Bonchev–Trinajstić information content (AvgIpc) is 3.45. The van der Waals surface area contributed by atoms with Gasteiger partial charge in [0.15, 0.2) is 0 Å². The molecule has 0 spiro atoms. The SMILES string of the molecule is O=C(O)C1CCN(C(=O)c2cccc(COc3ccc(-c4ccn[nH]4)nc3)c2)C1. The number of benzene rings is 1. The molecule has 2 aromatic heterocycles. The van der Waals surface area contributed by atoms with Crippen LogP contribution in [-0.2, 0) is 11.4 Å². The topological polar surface area (TPSA) is 108 Å². The summed E-state index contributed by atoms with van der Waals surface area (Å²) in [5, 5.41) is 15.9. The van der Waals surface area contributed by atoms with Gasteiger partial charge >= 0.3 is 5.97 Å². The summed E-state index contributed by atoms with van der Waals surface area (Å²) in [7, 11) is 0. The molecule has 148 valence electrons. The smallest absolute Gasteiger partial charge is 0.308 e. The van der Waals surface area contributed by atoms with Crippen LogP contribution in [0.1, 0.15) is 22.3 Å². The van der Waals surface area contributed by atoms with Crippen molar-refractivity contribution in [3.05, 3.63) is 66.0 Å². The van der Waals surface area contributed by atoms with Crippen LogP contribution in [0.4, 0.5) is 0 Å². The maximum absolute atomic E-state index is 12.7. The van der Waals surface area contributed by atoms with E-state index in [1.165, 1.54) is 0 Å². The highest BCUT2D eigenvalue weighted by Gasteiger charge is 2.31. The Hall–Kier alpha value is -3.68. The quantitative estimate of drug-likeness (QED) is 0.668. The molecule has 1 fully saturated rings. The van der Waals surface area contributed by atoms with Gasteiger partial charge in [0.1, 0.15) is 12.4 Å². The molecule has 29 heavy (non-hydrogen) atoms. The molecule has 8 heteroatoms. The van der Waals surface area contributed by atoms with Gasteiger partial charge in [-0.05, 0) is 42.3 Å². The molecule has 4 rings (SSSR count). The molecule has 1 unspecified atom stereocenters. The fourth-order valence-electron chi connectivity index (χ4n) is 3.31. The molecule has 1 aliphatic heterocycles. The van der Waals surface area contributed by atoms with Gasteiger partial charge in [-0.1, -0.05) is 12.1 Å². The minimum Gasteiger partial charge on any atom is -0.487 e. The van der Waals surface area contributed by atoms with Crippen LogP contribution in [0.3, 0.4) is 0 Å². The Labute approximate surface area is 167 Å². The lowest BCUT2D eigenvalue weighted by Gasteiger charge is -2.16. The van der Waals surface area contributed by atoms with Gasteiger partial charge in [0, 0.05) is 24.8 Å². The van der Waals surface area contributed by atoms with Gasteiger partial charge in [0.25, 0.3) is 5.91 Å². The number of aromatic nitrogens is 3. The summed E-state index contributed by atoms with van der Waals surface area (Å²) >= 11 is 0. The molecule has 0 saturated carbocycles.